The number of aryl methyl sites for hydroxylation is 1. The van der Waals surface area contributed by atoms with Crippen LogP contribution in [0, 0.1) is 12.7 Å². The van der Waals surface area contributed by atoms with Crippen LogP contribution in [0.5, 0.6) is 0 Å². The summed E-state index contributed by atoms with van der Waals surface area (Å²) in [5.74, 6) is -0.616. The summed E-state index contributed by atoms with van der Waals surface area (Å²) >= 11 is 6.42. The average Bonchev–Trinajstić information content (AvgIpc) is 2.95. The van der Waals surface area contributed by atoms with Crippen molar-refractivity contribution in [2.75, 3.05) is 32.8 Å². The molecule has 146 valence electrons. The third-order valence-corrected chi connectivity index (χ3v) is 5.20. The quantitative estimate of drug-likeness (QED) is 0.847. The van der Waals surface area contributed by atoms with Crippen LogP contribution in [0.2, 0.25) is 5.15 Å². The third kappa shape index (κ3) is 4.31. The maximum Gasteiger partial charge on any atom is 0.256 e. The zero-order chi connectivity index (χ0) is 19.6. The molecule has 1 aliphatic heterocycles. The number of nitrogens with one attached hydrogen (secondary N) is 1. The number of amides is 1. The fraction of sp³-hybridized carbons (Fsp3) is 0.474. The van der Waals surface area contributed by atoms with Crippen LogP contribution in [0.3, 0.4) is 0 Å². The Hall–Kier alpha value is -1.96. The van der Waals surface area contributed by atoms with E-state index in [-0.39, 0.29) is 22.4 Å². The summed E-state index contributed by atoms with van der Waals surface area (Å²) in [4.78, 5) is 15.1. The van der Waals surface area contributed by atoms with Gasteiger partial charge in [0.05, 0.1) is 30.2 Å². The summed E-state index contributed by atoms with van der Waals surface area (Å²) in [6.07, 6.45) is 0. The van der Waals surface area contributed by atoms with Crippen LogP contribution in [0.4, 0.5) is 4.39 Å². The van der Waals surface area contributed by atoms with Crippen molar-refractivity contribution in [3.05, 3.63) is 46.5 Å². The number of nitrogens with zero attached hydrogens (tertiary/aromatic N) is 3. The molecule has 1 aliphatic rings. The highest BCUT2D eigenvalue weighted by molar-refractivity contribution is 6.33. The number of hydrogen-bond acceptors (Lipinski definition) is 4. The molecule has 1 saturated heterocycles. The number of ether oxygens (including phenoxy) is 1. The molecule has 0 spiro atoms. The molecule has 0 bridgehead atoms. The zero-order valence-corrected chi connectivity index (χ0v) is 16.5. The molecular formula is C19H24ClFN4O2. The number of aromatic nitrogens is 2. The van der Waals surface area contributed by atoms with Crippen LogP contribution in [0.25, 0.3) is 5.69 Å². The Labute approximate surface area is 163 Å². The van der Waals surface area contributed by atoms with Crippen molar-refractivity contribution >= 4 is 17.5 Å². The van der Waals surface area contributed by atoms with Crippen molar-refractivity contribution < 1.29 is 13.9 Å². The van der Waals surface area contributed by atoms with E-state index in [9.17, 15) is 9.18 Å². The second kappa shape index (κ2) is 7.96. The molecule has 0 unspecified atom stereocenters. The Kier molecular flexibility index (Phi) is 5.83. The van der Waals surface area contributed by atoms with E-state index in [1.54, 1.807) is 19.1 Å². The van der Waals surface area contributed by atoms with Gasteiger partial charge in [-0.15, -0.1) is 0 Å². The standard InChI is InChI=1S/C19H24ClFN4O2/c1-13-16(17(20)25(23-13)15-6-4-14(21)5-7-15)18(26)22-12-19(2,3)24-8-10-27-11-9-24/h4-7H,8-12H2,1-3H3,(H,22,26). The van der Waals surface area contributed by atoms with Crippen molar-refractivity contribution in [1.29, 1.82) is 0 Å². The molecule has 3 rings (SSSR count). The topological polar surface area (TPSA) is 59.4 Å². The SMILES string of the molecule is Cc1nn(-c2ccc(F)cc2)c(Cl)c1C(=O)NCC(C)(C)N1CCOCC1. The summed E-state index contributed by atoms with van der Waals surface area (Å²) in [7, 11) is 0. The Balaban J connectivity index is 1.74. The Morgan fingerprint density at radius 1 is 1.30 bits per heavy atom. The second-order valence-electron chi connectivity index (χ2n) is 7.23. The van der Waals surface area contributed by atoms with Crippen molar-refractivity contribution in [1.82, 2.24) is 20.0 Å². The van der Waals surface area contributed by atoms with Gasteiger partial charge in [-0.2, -0.15) is 5.10 Å². The highest BCUT2D eigenvalue weighted by atomic mass is 35.5. The first-order valence-electron chi connectivity index (χ1n) is 8.91. The first kappa shape index (κ1) is 19.8. The molecule has 0 radical (unpaired) electrons. The molecule has 1 fully saturated rings. The van der Waals surface area contributed by atoms with Gasteiger partial charge in [0, 0.05) is 25.2 Å². The Morgan fingerprint density at radius 2 is 1.93 bits per heavy atom. The molecule has 1 N–H and O–H groups in total. The number of carbonyl (C=O) groups excluding carboxylic acids is 1. The number of hydrogen-bond donors (Lipinski definition) is 1. The molecule has 27 heavy (non-hydrogen) atoms. The summed E-state index contributed by atoms with van der Waals surface area (Å²) in [6, 6.07) is 5.79. The van der Waals surface area contributed by atoms with Crippen LogP contribution < -0.4 is 5.32 Å². The maximum absolute atomic E-state index is 13.1. The first-order chi connectivity index (χ1) is 12.8. The van der Waals surface area contributed by atoms with Crippen molar-refractivity contribution in [3.63, 3.8) is 0 Å². The van der Waals surface area contributed by atoms with E-state index in [2.05, 4.69) is 29.2 Å². The lowest BCUT2D eigenvalue weighted by molar-refractivity contribution is -0.00923. The van der Waals surface area contributed by atoms with Crippen molar-refractivity contribution in [2.45, 2.75) is 26.3 Å². The molecule has 6 nitrogen and oxygen atoms in total. The molecule has 0 saturated carbocycles. The van der Waals surface area contributed by atoms with Gasteiger partial charge in [-0.1, -0.05) is 11.6 Å². The number of carbonyl (C=O) groups is 1. The molecule has 1 amide bonds. The number of halogens is 2. The Bertz CT molecular complexity index is 814. The molecule has 8 heteroatoms. The number of rotatable bonds is 5. The molecule has 2 heterocycles. The lowest BCUT2D eigenvalue weighted by Gasteiger charge is -2.40. The smallest absolute Gasteiger partial charge is 0.256 e. The van der Waals surface area contributed by atoms with Crippen LogP contribution >= 0.6 is 11.6 Å². The molecule has 2 aromatic rings. The van der Waals surface area contributed by atoms with Gasteiger partial charge < -0.3 is 10.1 Å². The van der Waals surface area contributed by atoms with E-state index in [4.69, 9.17) is 16.3 Å². The number of benzene rings is 1. The van der Waals surface area contributed by atoms with Crippen molar-refractivity contribution in [3.8, 4) is 5.69 Å². The summed E-state index contributed by atoms with van der Waals surface area (Å²) in [5, 5.41) is 7.52. The molecule has 1 aromatic heterocycles. The minimum Gasteiger partial charge on any atom is -0.379 e. The van der Waals surface area contributed by atoms with E-state index in [0.29, 0.717) is 36.7 Å². The van der Waals surface area contributed by atoms with E-state index in [0.717, 1.165) is 13.1 Å². The zero-order valence-electron chi connectivity index (χ0n) is 15.8. The van der Waals surface area contributed by atoms with Gasteiger partial charge in [0.25, 0.3) is 5.91 Å². The lowest BCUT2D eigenvalue weighted by atomic mass is 10.0. The summed E-state index contributed by atoms with van der Waals surface area (Å²) in [6.45, 7) is 9.47. The molecular weight excluding hydrogens is 371 g/mol. The van der Waals surface area contributed by atoms with Gasteiger partial charge in [-0.05, 0) is 45.0 Å². The molecule has 0 atom stereocenters. The lowest BCUT2D eigenvalue weighted by Crippen LogP contribution is -2.55. The minimum atomic E-state index is -0.345. The van der Waals surface area contributed by atoms with Crippen molar-refractivity contribution in [2.24, 2.45) is 0 Å². The minimum absolute atomic E-state index is 0.202. The predicted molar refractivity (Wildman–Crippen MR) is 102 cm³/mol. The van der Waals surface area contributed by atoms with E-state index in [1.165, 1.54) is 16.8 Å². The largest absolute Gasteiger partial charge is 0.379 e. The second-order valence-corrected chi connectivity index (χ2v) is 7.59. The van der Waals surface area contributed by atoms with Gasteiger partial charge in [-0.3, -0.25) is 9.69 Å². The van der Waals surface area contributed by atoms with Gasteiger partial charge in [0.1, 0.15) is 11.0 Å². The summed E-state index contributed by atoms with van der Waals surface area (Å²) in [5.41, 5.74) is 1.24. The van der Waals surface area contributed by atoms with Gasteiger partial charge in [-0.25, -0.2) is 9.07 Å². The highest BCUT2D eigenvalue weighted by Crippen LogP contribution is 2.24. The average molecular weight is 395 g/mol. The fourth-order valence-electron chi connectivity index (χ4n) is 3.18. The highest BCUT2D eigenvalue weighted by Gasteiger charge is 2.30. The fourth-order valence-corrected chi connectivity index (χ4v) is 3.53. The van der Waals surface area contributed by atoms with E-state index >= 15 is 0 Å². The summed E-state index contributed by atoms with van der Waals surface area (Å²) < 4.78 is 20.0. The third-order valence-electron chi connectivity index (χ3n) is 4.85. The van der Waals surface area contributed by atoms with Gasteiger partial charge >= 0.3 is 0 Å². The Morgan fingerprint density at radius 3 is 2.56 bits per heavy atom. The monoisotopic (exact) mass is 394 g/mol. The number of morpholine rings is 1. The van der Waals surface area contributed by atoms with Gasteiger partial charge in [0.2, 0.25) is 0 Å². The van der Waals surface area contributed by atoms with Crippen LogP contribution in [0.15, 0.2) is 24.3 Å². The predicted octanol–water partition coefficient (Wildman–Crippen LogP) is 2.81. The normalized spacial score (nSPS) is 15.7. The van der Waals surface area contributed by atoms with E-state index < -0.39 is 0 Å². The molecule has 1 aromatic carbocycles. The van der Waals surface area contributed by atoms with Crippen LogP contribution in [-0.4, -0.2) is 59.0 Å². The first-order valence-corrected chi connectivity index (χ1v) is 9.29. The van der Waals surface area contributed by atoms with E-state index in [1.807, 2.05) is 0 Å². The van der Waals surface area contributed by atoms with Crippen LogP contribution in [-0.2, 0) is 4.74 Å². The maximum atomic E-state index is 13.1. The molecule has 0 aliphatic carbocycles. The van der Waals surface area contributed by atoms with Crippen LogP contribution in [0.1, 0.15) is 29.9 Å². The van der Waals surface area contributed by atoms with Gasteiger partial charge in [0.15, 0.2) is 0 Å².